The molecule has 4 rings (SSSR count). The molecule has 4 aromatic rings. The van der Waals surface area contributed by atoms with Crippen molar-refractivity contribution in [3.63, 3.8) is 0 Å². The van der Waals surface area contributed by atoms with Gasteiger partial charge in [0.15, 0.2) is 0 Å². The van der Waals surface area contributed by atoms with E-state index in [9.17, 15) is 4.79 Å². The third-order valence-electron chi connectivity index (χ3n) is 4.97. The second-order valence-electron chi connectivity index (χ2n) is 7.24. The molecule has 2 N–H and O–H groups in total. The van der Waals surface area contributed by atoms with E-state index in [-0.39, 0.29) is 6.61 Å². The molecule has 0 saturated carbocycles. The molecule has 0 aliphatic carbocycles. The van der Waals surface area contributed by atoms with E-state index in [1.807, 2.05) is 84.9 Å². The monoisotopic (exact) mass is 438 g/mol. The van der Waals surface area contributed by atoms with E-state index >= 15 is 0 Å². The molecule has 0 radical (unpaired) electrons. The molecule has 1 heterocycles. The van der Waals surface area contributed by atoms with Crippen LogP contribution in [-0.2, 0) is 16.1 Å². The Bertz CT molecular complexity index is 1240. The minimum atomic E-state index is -0.632. The van der Waals surface area contributed by atoms with Gasteiger partial charge in [0.2, 0.25) is 0 Å². The van der Waals surface area contributed by atoms with E-state index < -0.39 is 12.0 Å². The van der Waals surface area contributed by atoms with Crippen LogP contribution in [0.1, 0.15) is 22.8 Å². The number of amides is 1. The molecule has 33 heavy (non-hydrogen) atoms. The number of carbonyl (C=O) groups excluding carboxylic acids is 1. The lowest BCUT2D eigenvalue weighted by atomic mass is 10.1. The first-order valence-electron chi connectivity index (χ1n) is 10.4. The molecule has 3 aromatic carbocycles. The SMILES string of the molecule is O=C(CO[C@H](Cn1nncc1-c1ccccc1)c1ccc(C#Cc2ccccc2)cc1)NO. The van der Waals surface area contributed by atoms with Crippen LogP contribution in [0, 0.1) is 11.8 Å². The molecule has 7 heteroatoms. The third kappa shape index (κ3) is 5.92. The van der Waals surface area contributed by atoms with Crippen molar-refractivity contribution in [2.45, 2.75) is 12.6 Å². The zero-order valence-corrected chi connectivity index (χ0v) is 17.8. The van der Waals surface area contributed by atoms with Gasteiger partial charge in [-0.2, -0.15) is 0 Å². The maximum absolute atomic E-state index is 11.6. The predicted molar refractivity (Wildman–Crippen MR) is 123 cm³/mol. The average molecular weight is 438 g/mol. The van der Waals surface area contributed by atoms with Gasteiger partial charge < -0.3 is 4.74 Å². The maximum Gasteiger partial charge on any atom is 0.269 e. The molecule has 0 aliphatic heterocycles. The van der Waals surface area contributed by atoms with E-state index in [0.29, 0.717) is 6.54 Å². The number of nitrogens with one attached hydrogen (secondary N) is 1. The van der Waals surface area contributed by atoms with Crippen LogP contribution in [0.3, 0.4) is 0 Å². The maximum atomic E-state index is 11.6. The highest BCUT2D eigenvalue weighted by Gasteiger charge is 2.18. The quantitative estimate of drug-likeness (QED) is 0.261. The van der Waals surface area contributed by atoms with Gasteiger partial charge in [-0.05, 0) is 29.8 Å². The molecular weight excluding hydrogens is 416 g/mol. The largest absolute Gasteiger partial charge is 0.362 e. The first-order chi connectivity index (χ1) is 16.2. The number of rotatable bonds is 7. The number of ether oxygens (including phenoxy) is 1. The Morgan fingerprint density at radius 2 is 1.58 bits per heavy atom. The Kier molecular flexibility index (Phi) is 7.23. The fourth-order valence-corrected chi connectivity index (χ4v) is 3.29. The van der Waals surface area contributed by atoms with Gasteiger partial charge >= 0.3 is 0 Å². The molecule has 0 fully saturated rings. The fourth-order valence-electron chi connectivity index (χ4n) is 3.29. The number of nitrogens with zero attached hydrogens (tertiary/aromatic N) is 3. The van der Waals surface area contributed by atoms with Gasteiger partial charge in [0.05, 0.1) is 18.4 Å². The van der Waals surface area contributed by atoms with Crippen molar-refractivity contribution in [3.8, 4) is 23.1 Å². The van der Waals surface area contributed by atoms with Crippen LogP contribution < -0.4 is 5.48 Å². The summed E-state index contributed by atoms with van der Waals surface area (Å²) in [6.45, 7) is 0.0318. The molecular formula is C26H22N4O3. The molecule has 0 aliphatic rings. The van der Waals surface area contributed by atoms with E-state index in [4.69, 9.17) is 9.94 Å². The summed E-state index contributed by atoms with van der Waals surface area (Å²) in [5, 5.41) is 17.1. The Balaban J connectivity index is 1.56. The van der Waals surface area contributed by atoms with E-state index in [2.05, 4.69) is 22.2 Å². The van der Waals surface area contributed by atoms with Gasteiger partial charge in [-0.1, -0.05) is 77.7 Å². The van der Waals surface area contributed by atoms with Gasteiger partial charge in [-0.3, -0.25) is 10.0 Å². The number of aromatic nitrogens is 3. The number of benzene rings is 3. The van der Waals surface area contributed by atoms with Crippen molar-refractivity contribution >= 4 is 5.91 Å². The van der Waals surface area contributed by atoms with Crippen molar-refractivity contribution < 1.29 is 14.7 Å². The summed E-state index contributed by atoms with van der Waals surface area (Å²) in [5.74, 6) is 5.65. The molecule has 1 amide bonds. The summed E-state index contributed by atoms with van der Waals surface area (Å²) in [4.78, 5) is 11.6. The molecule has 0 spiro atoms. The summed E-state index contributed by atoms with van der Waals surface area (Å²) < 4.78 is 7.55. The average Bonchev–Trinajstić information content (AvgIpc) is 3.35. The topological polar surface area (TPSA) is 89.3 Å². The van der Waals surface area contributed by atoms with Crippen LogP contribution in [-0.4, -0.2) is 32.7 Å². The van der Waals surface area contributed by atoms with Crippen LogP contribution >= 0.6 is 0 Å². The number of carbonyl (C=O) groups is 1. The van der Waals surface area contributed by atoms with E-state index in [1.165, 1.54) is 0 Å². The second-order valence-corrected chi connectivity index (χ2v) is 7.24. The minimum absolute atomic E-state index is 0.300. The van der Waals surface area contributed by atoms with Crippen molar-refractivity contribution in [1.82, 2.24) is 20.5 Å². The van der Waals surface area contributed by atoms with E-state index in [1.54, 1.807) is 16.4 Å². The first-order valence-corrected chi connectivity index (χ1v) is 10.4. The molecule has 7 nitrogen and oxygen atoms in total. The van der Waals surface area contributed by atoms with Crippen LogP contribution in [0.25, 0.3) is 11.3 Å². The predicted octanol–water partition coefficient (Wildman–Crippen LogP) is 3.61. The third-order valence-corrected chi connectivity index (χ3v) is 4.97. The fraction of sp³-hybridized carbons (Fsp3) is 0.115. The van der Waals surface area contributed by atoms with Crippen molar-refractivity contribution in [1.29, 1.82) is 0 Å². The molecule has 0 unspecified atom stereocenters. The second kappa shape index (κ2) is 10.9. The Labute approximate surface area is 191 Å². The number of hydroxylamine groups is 1. The highest BCUT2D eigenvalue weighted by molar-refractivity contribution is 5.75. The number of hydrogen-bond donors (Lipinski definition) is 2. The Morgan fingerprint density at radius 3 is 2.24 bits per heavy atom. The van der Waals surface area contributed by atoms with Crippen molar-refractivity contribution in [3.05, 3.63) is 108 Å². The van der Waals surface area contributed by atoms with Gasteiger partial charge in [-0.25, -0.2) is 10.2 Å². The normalized spacial score (nSPS) is 11.3. The highest BCUT2D eigenvalue weighted by Crippen LogP contribution is 2.24. The molecule has 1 aromatic heterocycles. The molecule has 164 valence electrons. The van der Waals surface area contributed by atoms with Gasteiger partial charge in [0.25, 0.3) is 5.91 Å². The molecule has 0 saturated heterocycles. The van der Waals surface area contributed by atoms with Gasteiger partial charge in [0, 0.05) is 16.7 Å². The minimum Gasteiger partial charge on any atom is -0.362 e. The first kappa shape index (κ1) is 22.0. The van der Waals surface area contributed by atoms with Crippen LogP contribution in [0.15, 0.2) is 91.1 Å². The van der Waals surface area contributed by atoms with Crippen molar-refractivity contribution in [2.75, 3.05) is 6.61 Å². The summed E-state index contributed by atoms with van der Waals surface area (Å²) >= 11 is 0. The lowest BCUT2D eigenvalue weighted by Crippen LogP contribution is -2.26. The standard InChI is InChI=1S/C26H22N4O3/c31-26(28-32)19-33-25(18-30-24(17-27-29-30)22-9-5-2-6-10-22)23-15-13-21(14-16-23)12-11-20-7-3-1-4-8-20/h1-10,13-17,25,32H,18-19H2,(H,28,31)/t25-/m1/s1. The van der Waals surface area contributed by atoms with Gasteiger partial charge in [0.1, 0.15) is 12.7 Å². The molecule has 0 bridgehead atoms. The number of hydrogen-bond acceptors (Lipinski definition) is 5. The Morgan fingerprint density at radius 1 is 0.939 bits per heavy atom. The summed E-state index contributed by atoms with van der Waals surface area (Å²) in [5.41, 5.74) is 6.05. The van der Waals surface area contributed by atoms with Crippen LogP contribution in [0.4, 0.5) is 0 Å². The summed E-state index contributed by atoms with van der Waals surface area (Å²) in [6.07, 6.45) is 1.19. The van der Waals surface area contributed by atoms with Gasteiger partial charge in [-0.15, -0.1) is 5.10 Å². The van der Waals surface area contributed by atoms with Crippen LogP contribution in [0.5, 0.6) is 0 Å². The zero-order valence-electron chi connectivity index (χ0n) is 17.8. The Hall–Kier alpha value is -4.25. The lowest BCUT2D eigenvalue weighted by Gasteiger charge is -2.19. The summed E-state index contributed by atoms with van der Waals surface area (Å²) in [7, 11) is 0. The summed E-state index contributed by atoms with van der Waals surface area (Å²) in [6, 6.07) is 27.2. The van der Waals surface area contributed by atoms with Crippen molar-refractivity contribution in [2.24, 2.45) is 0 Å². The highest BCUT2D eigenvalue weighted by atomic mass is 16.5. The molecule has 1 atom stereocenters. The lowest BCUT2D eigenvalue weighted by molar-refractivity contribution is -0.136. The zero-order chi connectivity index (χ0) is 22.9. The van der Waals surface area contributed by atoms with E-state index in [0.717, 1.165) is 27.9 Å². The van der Waals surface area contributed by atoms with Crippen LogP contribution in [0.2, 0.25) is 0 Å². The smallest absolute Gasteiger partial charge is 0.269 e.